The first-order chi connectivity index (χ1) is 14.1. The summed E-state index contributed by atoms with van der Waals surface area (Å²) >= 11 is 0. The second-order valence-electron chi connectivity index (χ2n) is 8.95. The number of likely N-dealkylation sites (tertiary alicyclic amines) is 1. The number of hydrogen-bond donors (Lipinski definition) is 1. The molecule has 2 amide bonds. The van der Waals surface area contributed by atoms with Crippen LogP contribution in [0.4, 0.5) is 0 Å². The number of rotatable bonds is 5. The van der Waals surface area contributed by atoms with Crippen LogP contribution in [-0.2, 0) is 13.0 Å². The maximum atomic E-state index is 13.2. The van der Waals surface area contributed by atoms with E-state index in [4.69, 9.17) is 0 Å². The van der Waals surface area contributed by atoms with Gasteiger partial charge in [0.2, 0.25) is 0 Å². The molecule has 4 rings (SSSR count). The second-order valence-corrected chi connectivity index (χ2v) is 8.95. The average Bonchev–Trinajstić information content (AvgIpc) is 3.14. The van der Waals surface area contributed by atoms with Gasteiger partial charge in [-0.1, -0.05) is 18.6 Å². The molecule has 1 N–H and O–H groups in total. The number of fused-ring (bicyclic) bond motifs is 1. The standard InChI is InChI=1S/C23H34N4O2/c1-17-8-7-14-26(16-17)23(29)20-19-11-5-6-15-27(19)21(25-20)22(28)24-13-12-18-9-3-2-4-10-18/h9,17H,2-8,10-16H2,1H3,(H,24,28). The molecule has 6 heteroatoms. The third kappa shape index (κ3) is 4.57. The number of imidazole rings is 1. The fourth-order valence-electron chi connectivity index (χ4n) is 4.96. The SMILES string of the molecule is CC1CCCN(C(=O)c2nc(C(=O)NCCC3=CCCCC3)n3c2CCCC3)C1. The van der Waals surface area contributed by atoms with Crippen molar-refractivity contribution in [2.24, 2.45) is 5.92 Å². The van der Waals surface area contributed by atoms with Crippen molar-refractivity contribution in [3.8, 4) is 0 Å². The second kappa shape index (κ2) is 9.14. The molecule has 0 spiro atoms. The van der Waals surface area contributed by atoms with Gasteiger partial charge in [0.05, 0.1) is 5.69 Å². The maximum absolute atomic E-state index is 13.2. The van der Waals surface area contributed by atoms with E-state index < -0.39 is 0 Å². The van der Waals surface area contributed by atoms with Crippen molar-refractivity contribution in [1.29, 1.82) is 0 Å². The van der Waals surface area contributed by atoms with E-state index in [0.29, 0.717) is 24.0 Å². The minimum Gasteiger partial charge on any atom is -0.349 e. The number of nitrogens with zero attached hydrogens (tertiary/aromatic N) is 3. The Morgan fingerprint density at radius 1 is 1.14 bits per heavy atom. The van der Waals surface area contributed by atoms with Crippen LogP contribution in [0.2, 0.25) is 0 Å². The molecule has 0 saturated carbocycles. The van der Waals surface area contributed by atoms with E-state index >= 15 is 0 Å². The van der Waals surface area contributed by atoms with Gasteiger partial charge in [0.25, 0.3) is 11.8 Å². The van der Waals surface area contributed by atoms with E-state index in [0.717, 1.165) is 70.3 Å². The zero-order chi connectivity index (χ0) is 20.2. The molecule has 0 bridgehead atoms. The van der Waals surface area contributed by atoms with Crippen LogP contribution < -0.4 is 5.32 Å². The first kappa shape index (κ1) is 20.2. The van der Waals surface area contributed by atoms with Crippen LogP contribution in [0.1, 0.15) is 91.5 Å². The van der Waals surface area contributed by atoms with E-state index in [1.54, 1.807) is 0 Å². The molecule has 0 aromatic carbocycles. The molecule has 1 aliphatic carbocycles. The van der Waals surface area contributed by atoms with Crippen LogP contribution in [-0.4, -0.2) is 45.9 Å². The van der Waals surface area contributed by atoms with E-state index in [1.807, 2.05) is 9.47 Å². The van der Waals surface area contributed by atoms with Gasteiger partial charge in [0, 0.05) is 26.2 Å². The number of allylic oxidation sites excluding steroid dienone is 1. The molecular formula is C23H34N4O2. The Bertz CT molecular complexity index is 795. The van der Waals surface area contributed by atoms with Crippen LogP contribution >= 0.6 is 0 Å². The van der Waals surface area contributed by atoms with Gasteiger partial charge in [0.1, 0.15) is 5.69 Å². The molecule has 3 aliphatic rings. The van der Waals surface area contributed by atoms with Crippen LogP contribution in [0.3, 0.4) is 0 Å². The predicted octanol–water partition coefficient (Wildman–Crippen LogP) is 3.71. The van der Waals surface area contributed by atoms with Crippen LogP contribution in [0, 0.1) is 5.92 Å². The normalized spacial score (nSPS) is 22.0. The van der Waals surface area contributed by atoms with Crippen molar-refractivity contribution >= 4 is 11.8 Å². The minimum absolute atomic E-state index is 0.00797. The summed E-state index contributed by atoms with van der Waals surface area (Å²) in [5.41, 5.74) is 2.93. The topological polar surface area (TPSA) is 67.2 Å². The number of hydrogen-bond acceptors (Lipinski definition) is 3. The van der Waals surface area contributed by atoms with Gasteiger partial charge < -0.3 is 14.8 Å². The Morgan fingerprint density at radius 2 is 2.00 bits per heavy atom. The number of amides is 2. The van der Waals surface area contributed by atoms with Gasteiger partial charge in [0.15, 0.2) is 5.82 Å². The van der Waals surface area contributed by atoms with Crippen LogP contribution in [0.25, 0.3) is 0 Å². The largest absolute Gasteiger partial charge is 0.349 e. The third-order valence-corrected chi connectivity index (χ3v) is 6.58. The van der Waals surface area contributed by atoms with Crippen LogP contribution in [0.5, 0.6) is 0 Å². The highest BCUT2D eigenvalue weighted by molar-refractivity contribution is 5.97. The Labute approximate surface area is 173 Å². The van der Waals surface area contributed by atoms with Crippen LogP contribution in [0.15, 0.2) is 11.6 Å². The van der Waals surface area contributed by atoms with Crippen molar-refractivity contribution in [3.05, 3.63) is 28.9 Å². The summed E-state index contributed by atoms with van der Waals surface area (Å²) in [5, 5.41) is 3.05. The molecule has 2 aliphatic heterocycles. The van der Waals surface area contributed by atoms with E-state index in [2.05, 4.69) is 23.3 Å². The van der Waals surface area contributed by atoms with E-state index in [-0.39, 0.29) is 11.8 Å². The molecule has 6 nitrogen and oxygen atoms in total. The lowest BCUT2D eigenvalue weighted by Crippen LogP contribution is -2.39. The van der Waals surface area contributed by atoms with Crippen molar-refractivity contribution < 1.29 is 9.59 Å². The van der Waals surface area contributed by atoms with Gasteiger partial charge in [-0.15, -0.1) is 0 Å². The molecule has 0 radical (unpaired) electrons. The number of piperidine rings is 1. The fourth-order valence-corrected chi connectivity index (χ4v) is 4.96. The van der Waals surface area contributed by atoms with Gasteiger partial charge in [-0.3, -0.25) is 9.59 Å². The summed E-state index contributed by atoms with van der Waals surface area (Å²) in [6.07, 6.45) is 13.2. The maximum Gasteiger partial charge on any atom is 0.287 e. The highest BCUT2D eigenvalue weighted by Crippen LogP contribution is 2.25. The van der Waals surface area contributed by atoms with Gasteiger partial charge in [-0.25, -0.2) is 4.98 Å². The fraction of sp³-hybridized carbons (Fsp3) is 0.696. The lowest BCUT2D eigenvalue weighted by Gasteiger charge is -2.30. The van der Waals surface area contributed by atoms with Crippen molar-refractivity contribution in [2.75, 3.05) is 19.6 Å². The number of aromatic nitrogens is 2. The Morgan fingerprint density at radius 3 is 2.79 bits per heavy atom. The average molecular weight is 399 g/mol. The molecule has 29 heavy (non-hydrogen) atoms. The van der Waals surface area contributed by atoms with Crippen molar-refractivity contribution in [1.82, 2.24) is 19.8 Å². The molecule has 1 aromatic heterocycles. The number of nitrogens with one attached hydrogen (secondary N) is 1. The molecule has 158 valence electrons. The molecule has 1 aromatic rings. The Hall–Kier alpha value is -2.11. The Balaban J connectivity index is 1.47. The molecular weight excluding hydrogens is 364 g/mol. The summed E-state index contributed by atoms with van der Waals surface area (Å²) < 4.78 is 2.00. The zero-order valence-electron chi connectivity index (χ0n) is 17.7. The highest BCUT2D eigenvalue weighted by atomic mass is 16.2. The molecule has 1 saturated heterocycles. The van der Waals surface area contributed by atoms with Crippen molar-refractivity contribution in [3.63, 3.8) is 0 Å². The Kier molecular flexibility index (Phi) is 6.36. The summed E-state index contributed by atoms with van der Waals surface area (Å²) in [4.78, 5) is 32.6. The first-order valence-corrected chi connectivity index (χ1v) is 11.5. The highest BCUT2D eigenvalue weighted by Gasteiger charge is 2.31. The monoisotopic (exact) mass is 398 g/mol. The van der Waals surface area contributed by atoms with Gasteiger partial charge in [-0.2, -0.15) is 0 Å². The summed E-state index contributed by atoms with van der Waals surface area (Å²) in [6.45, 7) is 5.20. The smallest absolute Gasteiger partial charge is 0.287 e. The van der Waals surface area contributed by atoms with Gasteiger partial charge in [-0.05, 0) is 70.1 Å². The quantitative estimate of drug-likeness (QED) is 0.769. The first-order valence-electron chi connectivity index (χ1n) is 11.5. The summed E-state index contributed by atoms with van der Waals surface area (Å²) in [5.74, 6) is 0.818. The zero-order valence-corrected chi connectivity index (χ0v) is 17.7. The predicted molar refractivity (Wildman–Crippen MR) is 113 cm³/mol. The molecule has 1 atom stereocenters. The lowest BCUT2D eigenvalue weighted by molar-refractivity contribution is 0.0676. The van der Waals surface area contributed by atoms with Gasteiger partial charge >= 0.3 is 0 Å². The molecule has 1 unspecified atom stereocenters. The summed E-state index contributed by atoms with van der Waals surface area (Å²) in [7, 11) is 0. The minimum atomic E-state index is -0.143. The number of carbonyl (C=O) groups excluding carboxylic acids is 2. The lowest BCUT2D eigenvalue weighted by atomic mass is 9.97. The van der Waals surface area contributed by atoms with E-state index in [1.165, 1.54) is 24.8 Å². The van der Waals surface area contributed by atoms with Crippen molar-refractivity contribution in [2.45, 2.75) is 77.7 Å². The molecule has 1 fully saturated rings. The number of carbonyl (C=O) groups is 2. The third-order valence-electron chi connectivity index (χ3n) is 6.58. The molecule has 3 heterocycles. The van der Waals surface area contributed by atoms with E-state index in [9.17, 15) is 9.59 Å². The summed E-state index contributed by atoms with van der Waals surface area (Å²) in [6, 6.07) is 0.